The number of hydrogen-bond acceptors (Lipinski definition) is 3. The first-order chi connectivity index (χ1) is 11.6. The van der Waals surface area contributed by atoms with Crippen molar-refractivity contribution in [3.8, 4) is 0 Å². The third-order valence-corrected chi connectivity index (χ3v) is 5.41. The maximum absolute atomic E-state index is 13.1. The molecule has 2 aromatic rings. The van der Waals surface area contributed by atoms with Crippen molar-refractivity contribution in [2.45, 2.75) is 18.9 Å². The lowest BCUT2D eigenvalue weighted by Crippen LogP contribution is -2.62. The fourth-order valence-electron chi connectivity index (χ4n) is 3.92. The fraction of sp³-hybridized carbons (Fsp3) is 0.444. The van der Waals surface area contributed by atoms with Gasteiger partial charge in [0, 0.05) is 43.8 Å². The van der Waals surface area contributed by atoms with Gasteiger partial charge in [0.1, 0.15) is 6.61 Å². The molecule has 1 aromatic carbocycles. The zero-order valence-electron chi connectivity index (χ0n) is 14.0. The number of cyclic esters (lactones) is 1. The second-order valence-electron chi connectivity index (χ2n) is 6.68. The van der Waals surface area contributed by atoms with Gasteiger partial charge in [-0.3, -0.25) is 9.69 Å². The van der Waals surface area contributed by atoms with Gasteiger partial charge in [-0.1, -0.05) is 25.1 Å². The number of benzene rings is 1. The molecule has 4 rings (SSSR count). The summed E-state index contributed by atoms with van der Waals surface area (Å²) in [6.07, 6.45) is 2.42. The van der Waals surface area contributed by atoms with Crippen molar-refractivity contribution in [3.63, 3.8) is 0 Å². The van der Waals surface area contributed by atoms with E-state index in [1.165, 1.54) is 0 Å². The van der Waals surface area contributed by atoms with Gasteiger partial charge < -0.3 is 14.2 Å². The molecule has 0 bridgehead atoms. The molecule has 1 unspecified atom stereocenters. The minimum absolute atomic E-state index is 0.0265. The topological polar surface area (TPSA) is 54.8 Å². The number of ether oxygens (including phenoxy) is 1. The molecule has 1 aromatic heterocycles. The molecule has 2 amide bonds. The zero-order chi connectivity index (χ0) is 16.9. The van der Waals surface area contributed by atoms with Crippen molar-refractivity contribution in [1.82, 2.24) is 14.4 Å². The van der Waals surface area contributed by atoms with Gasteiger partial charge in [0.05, 0.1) is 11.1 Å². The maximum Gasteiger partial charge on any atom is 0.410 e. The molecule has 2 saturated heterocycles. The first kappa shape index (κ1) is 15.1. The summed E-state index contributed by atoms with van der Waals surface area (Å²) in [6, 6.07) is 7.93. The molecule has 0 spiro atoms. The molecule has 2 fully saturated rings. The Morgan fingerprint density at radius 2 is 2.08 bits per heavy atom. The zero-order valence-corrected chi connectivity index (χ0v) is 14.0. The smallest absolute Gasteiger partial charge is 0.410 e. The van der Waals surface area contributed by atoms with Crippen LogP contribution in [0.25, 0.3) is 10.9 Å². The van der Waals surface area contributed by atoms with Crippen LogP contribution in [0.2, 0.25) is 0 Å². The van der Waals surface area contributed by atoms with E-state index < -0.39 is 0 Å². The average Bonchev–Trinajstić information content (AvgIpc) is 3.13. The van der Waals surface area contributed by atoms with Gasteiger partial charge in [-0.2, -0.15) is 0 Å². The highest BCUT2D eigenvalue weighted by Crippen LogP contribution is 2.33. The summed E-state index contributed by atoms with van der Waals surface area (Å²) in [7, 11) is 1.95. The van der Waals surface area contributed by atoms with Crippen LogP contribution in [0.1, 0.15) is 23.7 Å². The highest BCUT2D eigenvalue weighted by molar-refractivity contribution is 6.07. The number of amides is 2. The summed E-state index contributed by atoms with van der Waals surface area (Å²) in [5.74, 6) is 0.0265. The summed E-state index contributed by atoms with van der Waals surface area (Å²) in [4.78, 5) is 28.7. The van der Waals surface area contributed by atoms with Crippen LogP contribution in [-0.2, 0) is 11.8 Å². The molecular formula is C18H21N3O3. The number of aryl methyl sites for hydroxylation is 1. The van der Waals surface area contributed by atoms with Crippen LogP contribution in [0.15, 0.2) is 30.5 Å². The Kier molecular flexibility index (Phi) is 3.30. The lowest BCUT2D eigenvalue weighted by molar-refractivity contribution is 0.0363. The molecular weight excluding hydrogens is 306 g/mol. The first-order valence-corrected chi connectivity index (χ1v) is 8.33. The SMILES string of the molecule is CCC12COC(=O)N1CCN(C(=O)c1cn(C)c3ccccc13)C2. The normalized spacial score (nSPS) is 23.5. The van der Waals surface area contributed by atoms with Crippen molar-refractivity contribution in [1.29, 1.82) is 0 Å². The second-order valence-corrected chi connectivity index (χ2v) is 6.68. The lowest BCUT2D eigenvalue weighted by Gasteiger charge is -2.44. The molecule has 6 nitrogen and oxygen atoms in total. The van der Waals surface area contributed by atoms with Crippen LogP contribution in [0.5, 0.6) is 0 Å². The van der Waals surface area contributed by atoms with Crippen molar-refractivity contribution in [2.75, 3.05) is 26.2 Å². The quantitative estimate of drug-likeness (QED) is 0.850. The molecule has 6 heteroatoms. The van der Waals surface area contributed by atoms with Crippen LogP contribution in [0.3, 0.4) is 0 Å². The number of fused-ring (bicyclic) bond motifs is 2. The molecule has 0 radical (unpaired) electrons. The van der Waals surface area contributed by atoms with E-state index in [9.17, 15) is 9.59 Å². The Morgan fingerprint density at radius 3 is 2.88 bits per heavy atom. The lowest BCUT2D eigenvalue weighted by atomic mass is 9.92. The predicted molar refractivity (Wildman–Crippen MR) is 89.9 cm³/mol. The van der Waals surface area contributed by atoms with Gasteiger partial charge in [-0.05, 0) is 12.5 Å². The molecule has 24 heavy (non-hydrogen) atoms. The maximum atomic E-state index is 13.1. The van der Waals surface area contributed by atoms with E-state index in [0.717, 1.165) is 22.9 Å². The molecule has 0 N–H and O–H groups in total. The van der Waals surface area contributed by atoms with Crippen LogP contribution in [0.4, 0.5) is 4.79 Å². The molecule has 126 valence electrons. The fourth-order valence-corrected chi connectivity index (χ4v) is 3.92. The van der Waals surface area contributed by atoms with Gasteiger partial charge >= 0.3 is 6.09 Å². The van der Waals surface area contributed by atoms with Crippen molar-refractivity contribution < 1.29 is 14.3 Å². The number of hydrogen-bond donors (Lipinski definition) is 0. The summed E-state index contributed by atoms with van der Waals surface area (Å²) in [6.45, 7) is 4.00. The molecule has 3 heterocycles. The van der Waals surface area contributed by atoms with Gasteiger partial charge in [-0.15, -0.1) is 0 Å². The van der Waals surface area contributed by atoms with Gasteiger partial charge in [0.2, 0.25) is 0 Å². The largest absolute Gasteiger partial charge is 0.447 e. The number of aromatic nitrogens is 1. The Bertz CT molecular complexity index is 828. The first-order valence-electron chi connectivity index (χ1n) is 8.33. The van der Waals surface area contributed by atoms with Crippen LogP contribution >= 0.6 is 0 Å². The third-order valence-electron chi connectivity index (χ3n) is 5.41. The van der Waals surface area contributed by atoms with E-state index in [0.29, 0.717) is 26.2 Å². The minimum Gasteiger partial charge on any atom is -0.447 e. The van der Waals surface area contributed by atoms with E-state index >= 15 is 0 Å². The van der Waals surface area contributed by atoms with E-state index in [4.69, 9.17) is 4.74 Å². The van der Waals surface area contributed by atoms with E-state index in [-0.39, 0.29) is 17.5 Å². The van der Waals surface area contributed by atoms with Gasteiger partial charge in [-0.25, -0.2) is 4.79 Å². The molecule has 1 atom stereocenters. The molecule has 2 aliphatic rings. The molecule has 0 saturated carbocycles. The second kappa shape index (κ2) is 5.26. The highest BCUT2D eigenvalue weighted by atomic mass is 16.6. The summed E-state index contributed by atoms with van der Waals surface area (Å²) < 4.78 is 7.23. The highest BCUT2D eigenvalue weighted by Gasteiger charge is 2.50. The average molecular weight is 327 g/mol. The summed E-state index contributed by atoms with van der Waals surface area (Å²) >= 11 is 0. The van der Waals surface area contributed by atoms with E-state index in [2.05, 4.69) is 0 Å². The van der Waals surface area contributed by atoms with Crippen LogP contribution in [0, 0.1) is 0 Å². The van der Waals surface area contributed by atoms with Gasteiger partial charge in [0.15, 0.2) is 0 Å². The van der Waals surface area contributed by atoms with Gasteiger partial charge in [0.25, 0.3) is 5.91 Å². The Hall–Kier alpha value is -2.50. The number of carbonyl (C=O) groups excluding carboxylic acids is 2. The van der Waals surface area contributed by atoms with Crippen LogP contribution < -0.4 is 0 Å². The Balaban J connectivity index is 1.67. The third kappa shape index (κ3) is 2.02. The summed E-state index contributed by atoms with van der Waals surface area (Å²) in [5.41, 5.74) is 1.39. The number of nitrogens with zero attached hydrogens (tertiary/aromatic N) is 3. The minimum atomic E-state index is -0.379. The predicted octanol–water partition coefficient (Wildman–Crippen LogP) is 2.24. The number of piperazine rings is 1. The monoisotopic (exact) mass is 327 g/mol. The molecule has 2 aliphatic heterocycles. The number of rotatable bonds is 2. The van der Waals surface area contributed by atoms with Crippen molar-refractivity contribution >= 4 is 22.9 Å². The van der Waals surface area contributed by atoms with Crippen molar-refractivity contribution in [2.24, 2.45) is 7.05 Å². The van der Waals surface area contributed by atoms with E-state index in [1.807, 2.05) is 53.9 Å². The van der Waals surface area contributed by atoms with E-state index in [1.54, 1.807) is 4.90 Å². The standard InChI is InChI=1S/C18H21N3O3/c1-3-18-11-20(8-9-21(18)17(23)24-12-18)16(22)14-10-19(2)15-7-5-4-6-13(14)15/h4-7,10H,3,8-9,11-12H2,1-2H3. The summed E-state index contributed by atoms with van der Waals surface area (Å²) in [5, 5.41) is 0.969. The Labute approximate surface area is 140 Å². The number of para-hydroxylation sites is 1. The number of carbonyl (C=O) groups is 2. The van der Waals surface area contributed by atoms with Crippen molar-refractivity contribution in [3.05, 3.63) is 36.0 Å². The molecule has 0 aliphatic carbocycles. The van der Waals surface area contributed by atoms with Crippen LogP contribution in [-0.4, -0.2) is 58.1 Å². The Morgan fingerprint density at radius 1 is 1.29 bits per heavy atom.